The van der Waals surface area contributed by atoms with E-state index < -0.39 is 0 Å². The van der Waals surface area contributed by atoms with Gasteiger partial charge in [0.25, 0.3) is 0 Å². The van der Waals surface area contributed by atoms with Gasteiger partial charge >= 0.3 is 0 Å². The molecule has 0 aromatic rings. The summed E-state index contributed by atoms with van der Waals surface area (Å²) in [5.41, 5.74) is 0.332. The zero-order chi connectivity index (χ0) is 11.6. The van der Waals surface area contributed by atoms with E-state index in [0.29, 0.717) is 11.6 Å². The molecular formula is C13H24N2S. The van der Waals surface area contributed by atoms with Gasteiger partial charge in [0.05, 0.1) is 6.04 Å². The summed E-state index contributed by atoms with van der Waals surface area (Å²) < 4.78 is 0. The van der Waals surface area contributed by atoms with Crippen molar-refractivity contribution in [3.05, 3.63) is 0 Å². The molecule has 0 aromatic carbocycles. The number of hydrogen-bond donors (Lipinski definition) is 1. The predicted octanol–water partition coefficient (Wildman–Crippen LogP) is 3.43. The molecule has 2 nitrogen and oxygen atoms in total. The number of thioether (sulfide) groups is 1. The molecule has 92 valence electrons. The van der Waals surface area contributed by atoms with Crippen LogP contribution in [0.2, 0.25) is 0 Å². The molecule has 1 heterocycles. The molecule has 0 aromatic heterocycles. The van der Waals surface area contributed by atoms with Crippen LogP contribution < -0.4 is 5.32 Å². The fraction of sp³-hybridized carbons (Fsp3) is 0.923. The monoisotopic (exact) mass is 240 g/mol. The number of aliphatic imine (C=N–C) groups is 1. The summed E-state index contributed by atoms with van der Waals surface area (Å²) in [6.07, 6.45) is 6.40. The molecule has 1 aliphatic carbocycles. The lowest BCUT2D eigenvalue weighted by Gasteiger charge is -2.25. The highest BCUT2D eigenvalue weighted by molar-refractivity contribution is 8.14. The third-order valence-electron chi connectivity index (χ3n) is 4.04. The number of nitrogens with one attached hydrogen (secondary N) is 1. The first-order valence-electron chi connectivity index (χ1n) is 6.71. The molecule has 0 amide bonds. The maximum atomic E-state index is 4.85. The van der Waals surface area contributed by atoms with Crippen LogP contribution in [0.15, 0.2) is 4.99 Å². The lowest BCUT2D eigenvalue weighted by atomic mass is 9.96. The first-order chi connectivity index (χ1) is 7.73. The Balaban J connectivity index is 1.87. The van der Waals surface area contributed by atoms with E-state index in [-0.39, 0.29) is 0 Å². The predicted molar refractivity (Wildman–Crippen MR) is 73.1 cm³/mol. The van der Waals surface area contributed by atoms with Crippen molar-refractivity contribution in [1.29, 1.82) is 0 Å². The average Bonchev–Trinajstić information content (AvgIpc) is 2.89. The topological polar surface area (TPSA) is 24.4 Å². The molecule has 0 spiro atoms. The quantitative estimate of drug-likeness (QED) is 0.796. The van der Waals surface area contributed by atoms with Crippen LogP contribution in [0.5, 0.6) is 0 Å². The van der Waals surface area contributed by atoms with Crippen LogP contribution in [-0.2, 0) is 0 Å². The van der Waals surface area contributed by atoms with E-state index in [1.54, 1.807) is 0 Å². The average molecular weight is 240 g/mol. The van der Waals surface area contributed by atoms with Gasteiger partial charge < -0.3 is 5.32 Å². The number of nitrogens with zero attached hydrogens (tertiary/aromatic N) is 1. The van der Waals surface area contributed by atoms with Crippen LogP contribution in [0.3, 0.4) is 0 Å². The van der Waals surface area contributed by atoms with Gasteiger partial charge in [-0.3, -0.25) is 4.99 Å². The first-order valence-corrected chi connectivity index (χ1v) is 7.70. The summed E-state index contributed by atoms with van der Waals surface area (Å²) in [5, 5.41) is 4.87. The van der Waals surface area contributed by atoms with Crippen LogP contribution in [0.4, 0.5) is 0 Å². The second kappa shape index (κ2) is 4.99. The van der Waals surface area contributed by atoms with Crippen molar-refractivity contribution in [3.8, 4) is 0 Å². The number of hydrogen-bond acceptors (Lipinski definition) is 2. The Morgan fingerprint density at radius 1 is 1.38 bits per heavy atom. The molecule has 1 N–H and O–H groups in total. The Bertz CT molecular complexity index is 271. The van der Waals surface area contributed by atoms with Crippen LogP contribution in [0, 0.1) is 5.92 Å². The highest BCUT2D eigenvalue weighted by atomic mass is 32.2. The summed E-state index contributed by atoms with van der Waals surface area (Å²) >= 11 is 1.93. The van der Waals surface area contributed by atoms with Crippen molar-refractivity contribution in [1.82, 2.24) is 5.32 Å². The van der Waals surface area contributed by atoms with E-state index in [1.807, 2.05) is 11.8 Å². The summed E-state index contributed by atoms with van der Waals surface area (Å²) in [7, 11) is 0. The second-order valence-corrected chi connectivity index (χ2v) is 6.15. The van der Waals surface area contributed by atoms with Gasteiger partial charge in [0.1, 0.15) is 0 Å². The SMILES string of the molecule is CCCC1CC1N=C1NC(CC)(CC)CS1. The number of rotatable bonds is 5. The standard InChI is InChI=1S/C13H24N2S/c1-4-7-10-8-11(10)14-12-15-13(5-2,6-3)9-16-12/h10-11H,4-9H2,1-3H3,(H,14,15). The van der Waals surface area contributed by atoms with Gasteiger partial charge in [-0.05, 0) is 31.6 Å². The summed E-state index contributed by atoms with van der Waals surface area (Å²) in [6.45, 7) is 6.82. The fourth-order valence-corrected chi connectivity index (χ4v) is 3.82. The fourth-order valence-electron chi connectivity index (χ4n) is 2.43. The lowest BCUT2D eigenvalue weighted by Crippen LogP contribution is -2.42. The van der Waals surface area contributed by atoms with Gasteiger partial charge in [0, 0.05) is 11.3 Å². The zero-order valence-electron chi connectivity index (χ0n) is 10.8. The number of amidine groups is 1. The van der Waals surface area contributed by atoms with Crippen LogP contribution in [0.25, 0.3) is 0 Å². The highest BCUT2D eigenvalue weighted by Gasteiger charge is 2.39. The van der Waals surface area contributed by atoms with E-state index in [0.717, 1.165) is 5.92 Å². The lowest BCUT2D eigenvalue weighted by molar-refractivity contribution is 0.407. The van der Waals surface area contributed by atoms with Crippen molar-refractivity contribution in [2.75, 3.05) is 5.75 Å². The largest absolute Gasteiger partial charge is 0.359 e. The molecule has 16 heavy (non-hydrogen) atoms. The van der Waals surface area contributed by atoms with Gasteiger partial charge in [-0.15, -0.1) is 0 Å². The summed E-state index contributed by atoms with van der Waals surface area (Å²) in [6, 6.07) is 0.638. The molecule has 1 aliphatic heterocycles. The maximum Gasteiger partial charge on any atom is 0.157 e. The van der Waals surface area contributed by atoms with Gasteiger partial charge in [-0.2, -0.15) is 0 Å². The van der Waals surface area contributed by atoms with E-state index in [4.69, 9.17) is 4.99 Å². The Kier molecular flexibility index (Phi) is 3.83. The van der Waals surface area contributed by atoms with Crippen molar-refractivity contribution < 1.29 is 0 Å². The minimum atomic E-state index is 0.332. The Morgan fingerprint density at radius 3 is 2.69 bits per heavy atom. The highest BCUT2D eigenvalue weighted by Crippen LogP contribution is 2.39. The molecular weight excluding hydrogens is 216 g/mol. The molecule has 1 saturated carbocycles. The molecule has 2 unspecified atom stereocenters. The minimum Gasteiger partial charge on any atom is -0.359 e. The van der Waals surface area contributed by atoms with Gasteiger partial charge in [0.15, 0.2) is 5.17 Å². The molecule has 2 rings (SSSR count). The second-order valence-electron chi connectivity index (χ2n) is 5.19. The van der Waals surface area contributed by atoms with Crippen LogP contribution in [0.1, 0.15) is 52.9 Å². The van der Waals surface area contributed by atoms with Gasteiger partial charge in [-0.25, -0.2) is 0 Å². The third kappa shape index (κ3) is 2.55. The van der Waals surface area contributed by atoms with Crippen molar-refractivity contribution in [2.45, 2.75) is 64.5 Å². The smallest absolute Gasteiger partial charge is 0.157 e. The zero-order valence-corrected chi connectivity index (χ0v) is 11.6. The molecule has 2 fully saturated rings. The van der Waals surface area contributed by atoms with Crippen molar-refractivity contribution in [3.63, 3.8) is 0 Å². The maximum absolute atomic E-state index is 4.85. The Hall–Kier alpha value is -0.180. The van der Waals surface area contributed by atoms with Crippen LogP contribution in [-0.4, -0.2) is 22.5 Å². The van der Waals surface area contributed by atoms with E-state index >= 15 is 0 Å². The van der Waals surface area contributed by atoms with Gasteiger partial charge in [0.2, 0.25) is 0 Å². The van der Waals surface area contributed by atoms with E-state index in [1.165, 1.54) is 43.0 Å². The van der Waals surface area contributed by atoms with Crippen molar-refractivity contribution >= 4 is 16.9 Å². The normalized spacial score (nSPS) is 34.1. The van der Waals surface area contributed by atoms with E-state index in [9.17, 15) is 0 Å². The van der Waals surface area contributed by atoms with Crippen molar-refractivity contribution in [2.24, 2.45) is 10.9 Å². The minimum absolute atomic E-state index is 0.332. The van der Waals surface area contributed by atoms with E-state index in [2.05, 4.69) is 26.1 Å². The Morgan fingerprint density at radius 2 is 2.12 bits per heavy atom. The Labute approximate surface area is 104 Å². The third-order valence-corrected chi connectivity index (χ3v) is 5.22. The summed E-state index contributed by atoms with van der Waals surface area (Å²) in [5.74, 6) is 2.09. The first kappa shape index (κ1) is 12.3. The van der Waals surface area contributed by atoms with Gasteiger partial charge in [-0.1, -0.05) is 39.0 Å². The van der Waals surface area contributed by atoms with Crippen LogP contribution >= 0.6 is 11.8 Å². The molecule has 3 heteroatoms. The molecule has 2 aliphatic rings. The molecule has 0 radical (unpaired) electrons. The molecule has 2 atom stereocenters. The summed E-state index contributed by atoms with van der Waals surface area (Å²) in [4.78, 5) is 4.85. The molecule has 1 saturated heterocycles. The molecule has 0 bridgehead atoms.